The van der Waals surface area contributed by atoms with Gasteiger partial charge in [0.25, 0.3) is 0 Å². The van der Waals surface area contributed by atoms with Gasteiger partial charge in [0.1, 0.15) is 0 Å². The third kappa shape index (κ3) is 6.74. The zero-order chi connectivity index (χ0) is 14.8. The highest BCUT2D eigenvalue weighted by Gasteiger charge is 2.12. The average molecular weight is 290 g/mol. The smallest absolute Gasteiger partial charge is 0.234 e. The predicted octanol–water partition coefficient (Wildman–Crippen LogP) is 2.24. The fourth-order valence-electron chi connectivity index (χ4n) is 2.59. The van der Waals surface area contributed by atoms with Crippen molar-refractivity contribution in [2.24, 2.45) is 0 Å². The van der Waals surface area contributed by atoms with E-state index in [2.05, 4.69) is 10.6 Å². The zero-order valence-electron chi connectivity index (χ0n) is 12.6. The molecule has 1 aliphatic carbocycles. The van der Waals surface area contributed by atoms with E-state index in [4.69, 9.17) is 4.74 Å². The molecule has 0 unspecified atom stereocenters. The van der Waals surface area contributed by atoms with Gasteiger partial charge in [-0.15, -0.1) is 0 Å². The lowest BCUT2D eigenvalue weighted by molar-refractivity contribution is -0.120. The van der Waals surface area contributed by atoms with Gasteiger partial charge in [0.2, 0.25) is 5.91 Å². The van der Waals surface area contributed by atoms with Gasteiger partial charge in [-0.3, -0.25) is 4.79 Å². The van der Waals surface area contributed by atoms with E-state index >= 15 is 0 Å². The summed E-state index contributed by atoms with van der Waals surface area (Å²) in [5, 5.41) is 6.02. The highest BCUT2D eigenvalue weighted by molar-refractivity contribution is 5.77. The van der Waals surface area contributed by atoms with Crippen molar-refractivity contribution in [3.63, 3.8) is 0 Å². The third-order valence-corrected chi connectivity index (χ3v) is 3.80. The van der Waals surface area contributed by atoms with E-state index in [9.17, 15) is 4.79 Å². The van der Waals surface area contributed by atoms with E-state index in [0.29, 0.717) is 25.8 Å². The van der Waals surface area contributed by atoms with Crippen molar-refractivity contribution in [3.05, 3.63) is 35.9 Å². The van der Waals surface area contributed by atoms with Crippen LogP contribution in [0.25, 0.3) is 0 Å². The van der Waals surface area contributed by atoms with E-state index < -0.39 is 0 Å². The Morgan fingerprint density at radius 2 is 1.90 bits per heavy atom. The van der Waals surface area contributed by atoms with E-state index in [1.165, 1.54) is 32.1 Å². The molecule has 1 aromatic carbocycles. The lowest BCUT2D eigenvalue weighted by Crippen LogP contribution is -2.35. The lowest BCUT2D eigenvalue weighted by Gasteiger charge is -2.21. The highest BCUT2D eigenvalue weighted by Crippen LogP contribution is 2.19. The zero-order valence-corrected chi connectivity index (χ0v) is 12.6. The number of rotatable bonds is 8. The number of amides is 1. The van der Waals surface area contributed by atoms with Crippen LogP contribution < -0.4 is 10.6 Å². The van der Waals surface area contributed by atoms with Crippen LogP contribution in [0.15, 0.2) is 30.3 Å². The Bertz CT molecular complexity index is 403. The van der Waals surface area contributed by atoms with Crippen LogP contribution in [0.4, 0.5) is 0 Å². The summed E-state index contributed by atoms with van der Waals surface area (Å²) in [6.45, 7) is 2.35. The highest BCUT2D eigenvalue weighted by atomic mass is 16.5. The maximum absolute atomic E-state index is 11.7. The second-order valence-electron chi connectivity index (χ2n) is 5.57. The summed E-state index contributed by atoms with van der Waals surface area (Å²) in [6.07, 6.45) is 6.75. The topological polar surface area (TPSA) is 50.4 Å². The molecule has 0 bridgehead atoms. The van der Waals surface area contributed by atoms with Gasteiger partial charge in [0, 0.05) is 13.1 Å². The molecule has 21 heavy (non-hydrogen) atoms. The van der Waals surface area contributed by atoms with Crippen molar-refractivity contribution < 1.29 is 9.53 Å². The van der Waals surface area contributed by atoms with Crippen molar-refractivity contribution in [1.29, 1.82) is 0 Å². The van der Waals surface area contributed by atoms with E-state index in [1.807, 2.05) is 30.3 Å². The van der Waals surface area contributed by atoms with Gasteiger partial charge >= 0.3 is 0 Å². The summed E-state index contributed by atoms with van der Waals surface area (Å²) in [6, 6.07) is 9.93. The van der Waals surface area contributed by atoms with Crippen LogP contribution in [0.1, 0.15) is 37.7 Å². The molecule has 116 valence electrons. The fraction of sp³-hybridized carbons (Fsp3) is 0.588. The molecule has 4 nitrogen and oxygen atoms in total. The normalized spacial score (nSPS) is 15.8. The minimum atomic E-state index is 0.0246. The summed E-state index contributed by atoms with van der Waals surface area (Å²) >= 11 is 0. The van der Waals surface area contributed by atoms with Crippen LogP contribution in [0.5, 0.6) is 0 Å². The number of benzene rings is 1. The van der Waals surface area contributed by atoms with E-state index in [1.54, 1.807) is 0 Å². The molecule has 0 spiro atoms. The van der Waals surface area contributed by atoms with Crippen LogP contribution in [-0.4, -0.2) is 31.7 Å². The number of hydrogen-bond donors (Lipinski definition) is 2. The molecule has 1 aliphatic rings. The molecule has 0 aromatic heterocycles. The molecule has 0 heterocycles. The van der Waals surface area contributed by atoms with Crippen molar-refractivity contribution in [2.45, 2.75) is 44.8 Å². The fourth-order valence-corrected chi connectivity index (χ4v) is 2.59. The summed E-state index contributed by atoms with van der Waals surface area (Å²) < 4.78 is 5.80. The molecule has 1 aromatic rings. The van der Waals surface area contributed by atoms with Crippen LogP contribution in [0.2, 0.25) is 0 Å². The molecular weight excluding hydrogens is 264 g/mol. The maximum atomic E-state index is 11.7. The van der Waals surface area contributed by atoms with Crippen LogP contribution in [0, 0.1) is 0 Å². The van der Waals surface area contributed by atoms with Crippen molar-refractivity contribution >= 4 is 5.91 Å². The predicted molar refractivity (Wildman–Crippen MR) is 84.0 cm³/mol. The van der Waals surface area contributed by atoms with Gasteiger partial charge in [-0.2, -0.15) is 0 Å². The van der Waals surface area contributed by atoms with Crippen LogP contribution >= 0.6 is 0 Å². The molecule has 1 fully saturated rings. The Kier molecular flexibility index (Phi) is 7.25. The molecule has 4 heteroatoms. The second kappa shape index (κ2) is 9.53. The van der Waals surface area contributed by atoms with Crippen molar-refractivity contribution in [1.82, 2.24) is 10.6 Å². The van der Waals surface area contributed by atoms with Crippen molar-refractivity contribution in [2.75, 3.05) is 19.7 Å². The molecule has 0 radical (unpaired) electrons. The first-order valence-electron chi connectivity index (χ1n) is 7.97. The average Bonchev–Trinajstić information content (AvgIpc) is 2.54. The van der Waals surface area contributed by atoms with Gasteiger partial charge in [-0.1, -0.05) is 49.6 Å². The van der Waals surface area contributed by atoms with E-state index in [0.717, 1.165) is 12.1 Å². The second-order valence-corrected chi connectivity index (χ2v) is 5.57. The van der Waals surface area contributed by atoms with Crippen LogP contribution in [-0.2, 0) is 16.1 Å². The van der Waals surface area contributed by atoms with Gasteiger partial charge in [0.05, 0.1) is 19.3 Å². The summed E-state index contributed by atoms with van der Waals surface area (Å²) in [4.78, 5) is 11.7. The maximum Gasteiger partial charge on any atom is 0.234 e. The first-order valence-corrected chi connectivity index (χ1v) is 7.97. The number of carbonyl (C=O) groups excluding carboxylic acids is 1. The number of hydrogen-bond acceptors (Lipinski definition) is 3. The van der Waals surface area contributed by atoms with Gasteiger partial charge < -0.3 is 15.4 Å². The minimum Gasteiger partial charge on any atom is -0.377 e. The lowest BCUT2D eigenvalue weighted by atomic mass is 9.98. The van der Waals surface area contributed by atoms with Gasteiger partial charge in [-0.05, 0) is 18.4 Å². The molecular formula is C17H26N2O2. The Labute approximate surface area is 127 Å². The summed E-state index contributed by atoms with van der Waals surface area (Å²) in [5.41, 5.74) is 1.12. The Morgan fingerprint density at radius 1 is 1.14 bits per heavy atom. The minimum absolute atomic E-state index is 0.0246. The number of carbonyl (C=O) groups is 1. The molecule has 2 rings (SSSR count). The first kappa shape index (κ1) is 16.0. The molecule has 2 N–H and O–H groups in total. The van der Waals surface area contributed by atoms with Crippen molar-refractivity contribution in [3.8, 4) is 0 Å². The molecule has 0 aliphatic heterocycles. The first-order chi connectivity index (χ1) is 10.3. The summed E-state index contributed by atoms with van der Waals surface area (Å²) in [5.74, 6) is 0.0246. The standard InChI is InChI=1S/C17H26N2O2/c20-17(19-13-15-7-3-1-4-8-15)14-18-11-12-21-16-9-5-2-6-10-16/h1,3-4,7-8,16,18H,2,5-6,9-14H2,(H,19,20). The Morgan fingerprint density at radius 3 is 2.67 bits per heavy atom. The number of ether oxygens (including phenoxy) is 1. The quantitative estimate of drug-likeness (QED) is 0.722. The van der Waals surface area contributed by atoms with E-state index in [-0.39, 0.29) is 5.91 Å². The molecule has 0 saturated heterocycles. The van der Waals surface area contributed by atoms with Gasteiger partial charge in [0.15, 0.2) is 0 Å². The summed E-state index contributed by atoms with van der Waals surface area (Å²) in [7, 11) is 0. The largest absolute Gasteiger partial charge is 0.377 e. The Hall–Kier alpha value is -1.39. The molecule has 1 saturated carbocycles. The van der Waals surface area contributed by atoms with Crippen LogP contribution in [0.3, 0.4) is 0 Å². The Balaban J connectivity index is 1.47. The van der Waals surface area contributed by atoms with Gasteiger partial charge in [-0.25, -0.2) is 0 Å². The molecule has 0 atom stereocenters. The molecule has 1 amide bonds. The SMILES string of the molecule is O=C(CNCCOC1CCCCC1)NCc1ccccc1. The number of nitrogens with one attached hydrogen (secondary N) is 2. The third-order valence-electron chi connectivity index (χ3n) is 3.80. The monoisotopic (exact) mass is 290 g/mol.